The molecule has 3 heterocycles. The Labute approximate surface area is 231 Å². The van der Waals surface area contributed by atoms with Crippen LogP contribution in [0.25, 0.3) is 6.08 Å². The van der Waals surface area contributed by atoms with Crippen LogP contribution in [0.3, 0.4) is 0 Å². The van der Waals surface area contributed by atoms with E-state index in [0.29, 0.717) is 26.2 Å². The second-order valence-corrected chi connectivity index (χ2v) is 12.1. The summed E-state index contributed by atoms with van der Waals surface area (Å²) >= 11 is 1.12. The zero-order valence-corrected chi connectivity index (χ0v) is 24.1. The summed E-state index contributed by atoms with van der Waals surface area (Å²) in [5.41, 5.74) is 3.45. The number of hydrogen-bond donors (Lipinski definition) is 1. The van der Waals surface area contributed by atoms with Gasteiger partial charge in [0, 0.05) is 25.6 Å². The number of carbonyl (C=O) groups excluding carboxylic acids is 3. The van der Waals surface area contributed by atoms with Crippen LogP contribution >= 0.6 is 11.8 Å². The highest BCUT2D eigenvalue weighted by Gasteiger charge is 2.41. The van der Waals surface area contributed by atoms with Crippen molar-refractivity contribution in [2.45, 2.75) is 83.2 Å². The predicted octanol–water partition coefficient (Wildman–Crippen LogP) is 4.21. The first-order valence-electron chi connectivity index (χ1n) is 14.2. The lowest BCUT2D eigenvalue weighted by Gasteiger charge is -2.41. The molecular weight excluding hydrogens is 498 g/mol. The van der Waals surface area contributed by atoms with Crippen LogP contribution in [0.1, 0.15) is 76.1 Å². The fourth-order valence-electron chi connectivity index (χ4n) is 5.89. The van der Waals surface area contributed by atoms with Crippen LogP contribution in [0.2, 0.25) is 0 Å². The van der Waals surface area contributed by atoms with E-state index in [1.807, 2.05) is 31.7 Å². The predicted molar refractivity (Wildman–Crippen MR) is 153 cm³/mol. The lowest BCUT2D eigenvalue weighted by Crippen LogP contribution is -2.54. The van der Waals surface area contributed by atoms with Gasteiger partial charge < -0.3 is 15.0 Å². The van der Waals surface area contributed by atoms with Gasteiger partial charge in [-0.25, -0.2) is 0 Å². The fraction of sp³-hybridized carbons (Fsp3) is 0.633. The lowest BCUT2D eigenvalue weighted by molar-refractivity contribution is -0.142. The third kappa shape index (κ3) is 6.69. The number of morpholine rings is 1. The number of benzene rings is 1. The Kier molecular flexibility index (Phi) is 10.1. The number of thioether (sulfide) groups is 1. The van der Waals surface area contributed by atoms with Crippen LogP contribution < -0.4 is 5.32 Å². The van der Waals surface area contributed by atoms with Crippen molar-refractivity contribution in [1.29, 1.82) is 0 Å². The van der Waals surface area contributed by atoms with Crippen molar-refractivity contribution in [3.05, 3.63) is 41.0 Å². The van der Waals surface area contributed by atoms with E-state index in [2.05, 4.69) is 41.4 Å². The van der Waals surface area contributed by atoms with Gasteiger partial charge in [-0.2, -0.15) is 0 Å². The Morgan fingerprint density at radius 3 is 2.71 bits per heavy atom. The molecule has 2 saturated heterocycles. The van der Waals surface area contributed by atoms with E-state index in [1.165, 1.54) is 5.56 Å². The first-order chi connectivity index (χ1) is 18.3. The number of ether oxygens (including phenoxy) is 1. The van der Waals surface area contributed by atoms with Crippen LogP contribution in [0.5, 0.6) is 0 Å². The molecule has 4 rings (SSSR count). The minimum absolute atomic E-state index is 0.00635. The highest BCUT2D eigenvalue weighted by Crippen LogP contribution is 2.39. The average molecular weight is 542 g/mol. The van der Waals surface area contributed by atoms with Crippen LogP contribution in [0.15, 0.2) is 24.3 Å². The first kappa shape index (κ1) is 28.8. The molecule has 0 aromatic heterocycles. The SMILES string of the molecule is C/C=C/c1ccc2c(c1)[C@H]1CCC[C@@H](C)N1C(=O)[C@@H](NC(=O)[C@@H](SC(=O)CN1CCOCC1)[C@@H](C)CC)C2. The van der Waals surface area contributed by atoms with Crippen LogP contribution in [-0.4, -0.2) is 76.9 Å². The Bertz CT molecular complexity index is 1040. The summed E-state index contributed by atoms with van der Waals surface area (Å²) in [6.07, 6.45) is 8.34. The molecule has 208 valence electrons. The summed E-state index contributed by atoms with van der Waals surface area (Å²) in [5.74, 6) is -0.216. The quantitative estimate of drug-likeness (QED) is 0.531. The van der Waals surface area contributed by atoms with Crippen molar-refractivity contribution in [1.82, 2.24) is 15.1 Å². The zero-order valence-electron chi connectivity index (χ0n) is 23.3. The van der Waals surface area contributed by atoms with E-state index in [4.69, 9.17) is 4.74 Å². The second-order valence-electron chi connectivity index (χ2n) is 10.9. The Morgan fingerprint density at radius 1 is 1.24 bits per heavy atom. The summed E-state index contributed by atoms with van der Waals surface area (Å²) in [7, 11) is 0. The summed E-state index contributed by atoms with van der Waals surface area (Å²) in [6.45, 7) is 11.2. The number of fused-ring (bicyclic) bond motifs is 3. The summed E-state index contributed by atoms with van der Waals surface area (Å²) in [6, 6.07) is 5.93. The third-order valence-corrected chi connectivity index (χ3v) is 9.55. The Balaban J connectivity index is 1.55. The maximum atomic E-state index is 14.0. The molecule has 2 amide bonds. The number of rotatable bonds is 8. The molecule has 0 aliphatic carbocycles. The first-order valence-corrected chi connectivity index (χ1v) is 15.1. The number of allylic oxidation sites excluding steroid dienone is 1. The lowest BCUT2D eigenvalue weighted by atomic mass is 9.88. The third-order valence-electron chi connectivity index (χ3n) is 8.23. The molecule has 0 unspecified atom stereocenters. The molecule has 0 radical (unpaired) electrons. The molecule has 1 aromatic carbocycles. The molecule has 0 spiro atoms. The standard InChI is InChI=1S/C30H43N3O4S/c1-5-8-22-11-12-23-18-25(30(36)33-21(4)9-7-10-26(33)24(23)17-22)31-29(35)28(20(3)6-2)38-27(34)19-32-13-15-37-16-14-32/h5,8,11-12,17,20-21,25-26,28H,6-7,9-10,13-16,18-19H2,1-4H3,(H,31,35)/b8-5+/t20-,21+,25-,26+,28-/m0/s1. The van der Waals surface area contributed by atoms with Gasteiger partial charge in [0.2, 0.25) is 16.9 Å². The summed E-state index contributed by atoms with van der Waals surface area (Å²) in [4.78, 5) is 44.7. The van der Waals surface area contributed by atoms with Crippen LogP contribution in [0.4, 0.5) is 0 Å². The van der Waals surface area contributed by atoms with Gasteiger partial charge in [-0.15, -0.1) is 0 Å². The van der Waals surface area contributed by atoms with E-state index in [0.717, 1.165) is 61.7 Å². The molecule has 0 bridgehead atoms. The molecule has 1 N–H and O–H groups in total. The minimum Gasteiger partial charge on any atom is -0.379 e. The summed E-state index contributed by atoms with van der Waals surface area (Å²) in [5, 5.41) is 2.58. The smallest absolute Gasteiger partial charge is 0.246 e. The molecule has 8 heteroatoms. The number of amides is 2. The average Bonchev–Trinajstić information content (AvgIpc) is 3.02. The molecule has 1 aromatic rings. The number of nitrogens with one attached hydrogen (secondary N) is 1. The van der Waals surface area contributed by atoms with Crippen molar-refractivity contribution >= 4 is 34.8 Å². The van der Waals surface area contributed by atoms with E-state index in [1.54, 1.807) is 0 Å². The van der Waals surface area contributed by atoms with Gasteiger partial charge in [-0.05, 0) is 61.8 Å². The van der Waals surface area contributed by atoms with Crippen molar-refractivity contribution < 1.29 is 19.1 Å². The largest absolute Gasteiger partial charge is 0.379 e. The van der Waals surface area contributed by atoms with Crippen LogP contribution in [0, 0.1) is 5.92 Å². The van der Waals surface area contributed by atoms with E-state index < -0.39 is 11.3 Å². The van der Waals surface area contributed by atoms with Crippen molar-refractivity contribution in [3.8, 4) is 0 Å². The highest BCUT2D eigenvalue weighted by atomic mass is 32.2. The minimum atomic E-state index is -0.638. The summed E-state index contributed by atoms with van der Waals surface area (Å²) < 4.78 is 5.39. The van der Waals surface area contributed by atoms with E-state index in [-0.39, 0.29) is 34.9 Å². The monoisotopic (exact) mass is 541 g/mol. The second kappa shape index (κ2) is 13.3. The number of carbonyl (C=O) groups is 3. The van der Waals surface area contributed by atoms with Gasteiger partial charge >= 0.3 is 0 Å². The normalized spacial score (nSPS) is 25.8. The Hall–Kier alpha value is -2.16. The molecular formula is C30H43N3O4S. The number of hydrogen-bond acceptors (Lipinski definition) is 6. The highest BCUT2D eigenvalue weighted by molar-refractivity contribution is 8.14. The molecule has 2 fully saturated rings. The molecule has 3 aliphatic rings. The van der Waals surface area contributed by atoms with Gasteiger partial charge in [-0.3, -0.25) is 19.3 Å². The molecule has 7 nitrogen and oxygen atoms in total. The van der Waals surface area contributed by atoms with Gasteiger partial charge in [0.05, 0.1) is 31.1 Å². The van der Waals surface area contributed by atoms with E-state index in [9.17, 15) is 14.4 Å². The molecule has 0 saturated carbocycles. The van der Waals surface area contributed by atoms with Crippen molar-refractivity contribution in [2.75, 3.05) is 32.8 Å². The molecule has 3 aliphatic heterocycles. The van der Waals surface area contributed by atoms with Gasteiger partial charge in [0.25, 0.3) is 0 Å². The van der Waals surface area contributed by atoms with Gasteiger partial charge in [-0.1, -0.05) is 56.3 Å². The van der Waals surface area contributed by atoms with E-state index >= 15 is 0 Å². The Morgan fingerprint density at radius 2 is 2.00 bits per heavy atom. The molecule has 5 atom stereocenters. The maximum absolute atomic E-state index is 14.0. The number of nitrogens with zero attached hydrogens (tertiary/aromatic N) is 2. The fourth-order valence-corrected chi connectivity index (χ4v) is 7.03. The van der Waals surface area contributed by atoms with Crippen LogP contribution in [-0.2, 0) is 25.5 Å². The maximum Gasteiger partial charge on any atom is 0.246 e. The van der Waals surface area contributed by atoms with Crippen molar-refractivity contribution in [2.24, 2.45) is 5.92 Å². The number of piperidine rings is 1. The van der Waals surface area contributed by atoms with Gasteiger partial charge in [0.15, 0.2) is 0 Å². The topological polar surface area (TPSA) is 79.0 Å². The van der Waals surface area contributed by atoms with Gasteiger partial charge in [0.1, 0.15) is 6.04 Å². The zero-order chi connectivity index (χ0) is 27.2. The van der Waals surface area contributed by atoms with Crippen molar-refractivity contribution in [3.63, 3.8) is 0 Å². The molecule has 38 heavy (non-hydrogen) atoms.